The molecule has 1 heterocycles. The molecule has 0 spiro atoms. The molecule has 2 rings (SSSR count). The summed E-state index contributed by atoms with van der Waals surface area (Å²) < 4.78 is 30.8. The van der Waals surface area contributed by atoms with Gasteiger partial charge in [0, 0.05) is 12.6 Å². The van der Waals surface area contributed by atoms with Crippen LogP contribution in [-0.2, 0) is 10.0 Å². The maximum absolute atomic E-state index is 12.0. The normalized spacial score (nSPS) is 21.1. The summed E-state index contributed by atoms with van der Waals surface area (Å²) in [6.45, 7) is 2.33. The third kappa shape index (κ3) is 2.52. The zero-order chi connectivity index (χ0) is 13.2. The van der Waals surface area contributed by atoms with Crippen LogP contribution in [-0.4, -0.2) is 32.1 Å². The number of rotatable bonds is 4. The Bertz CT molecular complexity index is 495. The van der Waals surface area contributed by atoms with E-state index < -0.39 is 10.0 Å². The van der Waals surface area contributed by atoms with Gasteiger partial charge in [-0.05, 0) is 37.5 Å². The molecule has 0 saturated carbocycles. The highest BCUT2D eigenvalue weighted by molar-refractivity contribution is 7.89. The summed E-state index contributed by atoms with van der Waals surface area (Å²) in [5, 5.41) is 0. The van der Waals surface area contributed by atoms with Gasteiger partial charge in [0.15, 0.2) is 0 Å². The Labute approximate surface area is 109 Å². The van der Waals surface area contributed by atoms with Crippen molar-refractivity contribution in [2.24, 2.45) is 0 Å². The van der Waals surface area contributed by atoms with Crippen LogP contribution in [0.15, 0.2) is 24.3 Å². The van der Waals surface area contributed by atoms with Crippen molar-refractivity contribution in [3.05, 3.63) is 29.8 Å². The molecule has 100 valence electrons. The molecule has 1 aromatic carbocycles. The lowest BCUT2D eigenvalue weighted by atomic mass is 10.1. The number of methoxy groups -OCH3 is 1. The van der Waals surface area contributed by atoms with Crippen LogP contribution < -0.4 is 4.74 Å². The molecule has 0 bridgehead atoms. The van der Waals surface area contributed by atoms with Crippen molar-refractivity contribution in [3.63, 3.8) is 0 Å². The van der Waals surface area contributed by atoms with E-state index in [-0.39, 0.29) is 11.8 Å². The largest absolute Gasteiger partial charge is 0.497 e. The molecular weight excluding hydrogens is 250 g/mol. The van der Waals surface area contributed by atoms with E-state index >= 15 is 0 Å². The summed E-state index contributed by atoms with van der Waals surface area (Å²) in [5.41, 5.74) is 1.05. The Morgan fingerprint density at radius 3 is 2.56 bits per heavy atom. The van der Waals surface area contributed by atoms with E-state index in [4.69, 9.17) is 4.74 Å². The predicted octanol–water partition coefficient (Wildman–Crippen LogP) is 2.18. The van der Waals surface area contributed by atoms with Crippen molar-refractivity contribution in [1.82, 2.24) is 4.31 Å². The van der Waals surface area contributed by atoms with Gasteiger partial charge in [0.25, 0.3) is 0 Å². The third-order valence-electron chi connectivity index (χ3n) is 3.43. The first-order valence-corrected chi connectivity index (χ1v) is 7.83. The molecule has 1 atom stereocenters. The predicted molar refractivity (Wildman–Crippen MR) is 71.1 cm³/mol. The minimum atomic E-state index is -3.11. The molecule has 1 fully saturated rings. The maximum atomic E-state index is 12.0. The van der Waals surface area contributed by atoms with Gasteiger partial charge >= 0.3 is 0 Å². The summed E-state index contributed by atoms with van der Waals surface area (Å²) >= 11 is 0. The molecule has 1 unspecified atom stereocenters. The molecular formula is C13H19NO3S. The minimum absolute atomic E-state index is 0.0131. The first-order valence-electron chi connectivity index (χ1n) is 6.22. The van der Waals surface area contributed by atoms with E-state index in [0.717, 1.165) is 24.2 Å². The van der Waals surface area contributed by atoms with Crippen LogP contribution in [0.2, 0.25) is 0 Å². The van der Waals surface area contributed by atoms with Crippen LogP contribution in [0.4, 0.5) is 0 Å². The van der Waals surface area contributed by atoms with Gasteiger partial charge < -0.3 is 4.74 Å². The van der Waals surface area contributed by atoms with Gasteiger partial charge in [-0.3, -0.25) is 0 Å². The Morgan fingerprint density at radius 1 is 1.33 bits per heavy atom. The molecule has 1 aliphatic heterocycles. The number of benzene rings is 1. The van der Waals surface area contributed by atoms with E-state index in [1.165, 1.54) is 0 Å². The third-order valence-corrected chi connectivity index (χ3v) is 5.31. The quantitative estimate of drug-likeness (QED) is 0.841. The second kappa shape index (κ2) is 5.28. The lowest BCUT2D eigenvalue weighted by Gasteiger charge is -2.23. The molecule has 18 heavy (non-hydrogen) atoms. The number of hydrogen-bond donors (Lipinski definition) is 0. The van der Waals surface area contributed by atoms with Crippen molar-refractivity contribution in [2.75, 3.05) is 19.4 Å². The highest BCUT2D eigenvalue weighted by Gasteiger charge is 2.33. The van der Waals surface area contributed by atoms with Crippen LogP contribution in [0.1, 0.15) is 31.4 Å². The van der Waals surface area contributed by atoms with Crippen molar-refractivity contribution in [2.45, 2.75) is 25.8 Å². The van der Waals surface area contributed by atoms with E-state index in [1.54, 1.807) is 18.3 Å². The Hall–Kier alpha value is -1.07. The molecule has 0 amide bonds. The first-order chi connectivity index (χ1) is 8.58. The van der Waals surface area contributed by atoms with Gasteiger partial charge in [0.2, 0.25) is 10.0 Å². The second-order valence-corrected chi connectivity index (χ2v) is 6.65. The Kier molecular flexibility index (Phi) is 3.92. The van der Waals surface area contributed by atoms with Gasteiger partial charge in [0.05, 0.1) is 12.9 Å². The lowest BCUT2D eigenvalue weighted by molar-refractivity contribution is 0.395. The molecule has 4 nitrogen and oxygen atoms in total. The Balaban J connectivity index is 2.26. The van der Waals surface area contributed by atoms with Crippen LogP contribution in [0.3, 0.4) is 0 Å². The molecule has 0 aliphatic carbocycles. The average Bonchev–Trinajstić information content (AvgIpc) is 2.89. The van der Waals surface area contributed by atoms with Crippen LogP contribution in [0.5, 0.6) is 5.75 Å². The zero-order valence-electron chi connectivity index (χ0n) is 10.8. The fraction of sp³-hybridized carbons (Fsp3) is 0.538. The molecule has 5 heteroatoms. The lowest BCUT2D eigenvalue weighted by Crippen LogP contribution is -2.31. The summed E-state index contributed by atoms with van der Waals surface area (Å²) in [6.07, 6.45) is 1.82. The number of ether oxygens (including phenoxy) is 1. The van der Waals surface area contributed by atoms with Crippen molar-refractivity contribution in [1.29, 1.82) is 0 Å². The number of hydrogen-bond acceptors (Lipinski definition) is 3. The average molecular weight is 269 g/mol. The summed E-state index contributed by atoms with van der Waals surface area (Å²) in [5.74, 6) is 0.960. The molecule has 0 radical (unpaired) electrons. The number of sulfonamides is 1. The van der Waals surface area contributed by atoms with Crippen LogP contribution in [0.25, 0.3) is 0 Å². The monoisotopic (exact) mass is 269 g/mol. The second-order valence-electron chi connectivity index (χ2n) is 4.44. The van der Waals surface area contributed by atoms with E-state index in [9.17, 15) is 8.42 Å². The molecule has 1 saturated heterocycles. The van der Waals surface area contributed by atoms with Crippen molar-refractivity contribution < 1.29 is 13.2 Å². The molecule has 1 aliphatic rings. The fourth-order valence-electron chi connectivity index (χ4n) is 2.40. The van der Waals surface area contributed by atoms with Gasteiger partial charge in [-0.25, -0.2) is 8.42 Å². The zero-order valence-corrected chi connectivity index (χ0v) is 11.6. The van der Waals surface area contributed by atoms with Crippen LogP contribution >= 0.6 is 0 Å². The molecule has 0 N–H and O–H groups in total. The summed E-state index contributed by atoms with van der Waals surface area (Å²) in [6, 6.07) is 7.65. The van der Waals surface area contributed by atoms with E-state index in [1.807, 2.05) is 24.3 Å². The van der Waals surface area contributed by atoms with Gasteiger partial charge in [0.1, 0.15) is 5.75 Å². The fourth-order valence-corrected chi connectivity index (χ4v) is 3.75. The standard InChI is InChI=1S/C13H19NO3S/c1-3-18(15,16)14-10-4-5-13(14)11-6-8-12(17-2)9-7-11/h6-9,13H,3-5,10H2,1-2H3. The van der Waals surface area contributed by atoms with Gasteiger partial charge in [-0.1, -0.05) is 12.1 Å². The van der Waals surface area contributed by atoms with Gasteiger partial charge in [-0.2, -0.15) is 4.31 Å². The highest BCUT2D eigenvalue weighted by atomic mass is 32.2. The molecule has 1 aromatic rings. The van der Waals surface area contributed by atoms with E-state index in [2.05, 4.69) is 0 Å². The van der Waals surface area contributed by atoms with Gasteiger partial charge in [-0.15, -0.1) is 0 Å². The summed E-state index contributed by atoms with van der Waals surface area (Å²) in [7, 11) is -1.49. The highest BCUT2D eigenvalue weighted by Crippen LogP contribution is 2.34. The SMILES string of the molecule is CCS(=O)(=O)N1CCCC1c1ccc(OC)cc1. The maximum Gasteiger partial charge on any atom is 0.214 e. The van der Waals surface area contributed by atoms with Crippen LogP contribution in [0, 0.1) is 0 Å². The number of nitrogens with zero attached hydrogens (tertiary/aromatic N) is 1. The Morgan fingerprint density at radius 2 is 2.00 bits per heavy atom. The first kappa shape index (κ1) is 13.4. The van der Waals surface area contributed by atoms with E-state index in [0.29, 0.717) is 6.54 Å². The minimum Gasteiger partial charge on any atom is -0.497 e. The topological polar surface area (TPSA) is 46.6 Å². The smallest absolute Gasteiger partial charge is 0.214 e. The van der Waals surface area contributed by atoms with Crippen molar-refractivity contribution in [3.8, 4) is 5.75 Å². The summed E-state index contributed by atoms with van der Waals surface area (Å²) in [4.78, 5) is 0. The molecule has 0 aromatic heterocycles. The van der Waals surface area contributed by atoms with Crippen molar-refractivity contribution >= 4 is 10.0 Å².